The van der Waals surface area contributed by atoms with Crippen LogP contribution in [0.4, 0.5) is 4.79 Å². The first kappa shape index (κ1) is 15.1. The summed E-state index contributed by atoms with van der Waals surface area (Å²) in [6, 6.07) is 0.0627. The van der Waals surface area contributed by atoms with Crippen molar-refractivity contribution in [3.63, 3.8) is 0 Å². The quantitative estimate of drug-likeness (QED) is 0.768. The number of hydrogen-bond acceptors (Lipinski definition) is 4. The molecule has 1 N–H and O–H groups in total. The molecule has 0 aromatic rings. The van der Waals surface area contributed by atoms with Crippen LogP contribution in [-0.4, -0.2) is 90.8 Å². The summed E-state index contributed by atoms with van der Waals surface area (Å²) >= 11 is 0. The Kier molecular flexibility index (Phi) is 5.60. The van der Waals surface area contributed by atoms with Crippen LogP contribution in [0.3, 0.4) is 0 Å². The lowest BCUT2D eigenvalue weighted by Crippen LogP contribution is -2.45. The van der Waals surface area contributed by atoms with Crippen LogP contribution in [0.5, 0.6) is 0 Å². The normalized spacial score (nSPS) is 22.2. The van der Waals surface area contributed by atoms with E-state index in [0.29, 0.717) is 32.8 Å². The van der Waals surface area contributed by atoms with Crippen molar-refractivity contribution in [1.29, 1.82) is 0 Å². The summed E-state index contributed by atoms with van der Waals surface area (Å²) in [5.41, 5.74) is 0. The fourth-order valence-electron chi connectivity index (χ4n) is 2.65. The van der Waals surface area contributed by atoms with Gasteiger partial charge >= 0.3 is 12.0 Å². The maximum atomic E-state index is 12.4. The van der Waals surface area contributed by atoms with Gasteiger partial charge < -0.3 is 19.6 Å². The Bertz CT molecular complexity index is 343. The van der Waals surface area contributed by atoms with E-state index in [4.69, 9.17) is 9.84 Å². The third-order valence-corrected chi connectivity index (χ3v) is 3.71. The molecule has 0 radical (unpaired) electrons. The van der Waals surface area contributed by atoms with E-state index in [9.17, 15) is 9.59 Å². The minimum Gasteiger partial charge on any atom is -0.480 e. The van der Waals surface area contributed by atoms with E-state index < -0.39 is 5.97 Å². The molecule has 0 bridgehead atoms. The van der Waals surface area contributed by atoms with Crippen LogP contribution >= 0.6 is 0 Å². The highest BCUT2D eigenvalue weighted by molar-refractivity contribution is 5.74. The number of nitrogens with zero attached hydrogens (tertiary/aromatic N) is 3. The summed E-state index contributed by atoms with van der Waals surface area (Å²) in [4.78, 5) is 28.8. The molecule has 0 aromatic heterocycles. The second-order valence-electron chi connectivity index (χ2n) is 5.25. The molecule has 2 rings (SSSR count). The maximum absolute atomic E-state index is 12.4. The summed E-state index contributed by atoms with van der Waals surface area (Å²) in [5.74, 6) is -0.811. The van der Waals surface area contributed by atoms with Crippen molar-refractivity contribution in [2.75, 3.05) is 59.0 Å². The Morgan fingerprint density at radius 1 is 0.900 bits per heavy atom. The molecule has 20 heavy (non-hydrogen) atoms. The Balaban J connectivity index is 1.85. The third kappa shape index (κ3) is 4.35. The molecule has 0 aromatic carbocycles. The second kappa shape index (κ2) is 7.44. The molecule has 7 heteroatoms. The average molecular weight is 285 g/mol. The molecular formula is C13H23N3O4. The van der Waals surface area contributed by atoms with Crippen LogP contribution in [0.25, 0.3) is 0 Å². The van der Waals surface area contributed by atoms with Crippen LogP contribution in [0, 0.1) is 0 Å². The van der Waals surface area contributed by atoms with Crippen molar-refractivity contribution in [2.24, 2.45) is 0 Å². The molecule has 0 saturated carbocycles. The van der Waals surface area contributed by atoms with Gasteiger partial charge in [-0.25, -0.2) is 4.79 Å². The number of aliphatic carboxylic acids is 1. The molecule has 0 aliphatic carbocycles. The smallest absolute Gasteiger partial charge is 0.320 e. The molecular weight excluding hydrogens is 262 g/mol. The van der Waals surface area contributed by atoms with Gasteiger partial charge in [0.2, 0.25) is 0 Å². The topological polar surface area (TPSA) is 73.3 Å². The fraction of sp³-hybridized carbons (Fsp3) is 0.846. The zero-order valence-electron chi connectivity index (χ0n) is 11.8. The lowest BCUT2D eigenvalue weighted by molar-refractivity contribution is -0.138. The molecule has 0 spiro atoms. The number of amides is 2. The van der Waals surface area contributed by atoms with Crippen LogP contribution in [0.1, 0.15) is 12.8 Å². The van der Waals surface area contributed by atoms with E-state index in [-0.39, 0.29) is 12.6 Å². The zero-order valence-corrected chi connectivity index (χ0v) is 11.8. The number of ether oxygens (including phenoxy) is 1. The number of carboxylic acid groups (broad SMARTS) is 1. The third-order valence-electron chi connectivity index (χ3n) is 3.71. The standard InChI is InChI=1S/C13H23N3O4/c17-12(18)11-14-3-1-4-15(7-6-14)13(19)16-5-2-9-20-10-8-16/h1-11H2,(H,17,18). The molecule has 2 amide bonds. The van der Waals surface area contributed by atoms with Gasteiger partial charge in [-0.2, -0.15) is 0 Å². The first-order valence-corrected chi connectivity index (χ1v) is 7.22. The number of rotatable bonds is 2. The van der Waals surface area contributed by atoms with Gasteiger partial charge in [0, 0.05) is 45.9 Å². The minimum atomic E-state index is -0.811. The average Bonchev–Trinajstić information content (AvgIpc) is 2.80. The number of carbonyl (C=O) groups is 2. The van der Waals surface area contributed by atoms with Gasteiger partial charge in [0.15, 0.2) is 0 Å². The molecule has 2 fully saturated rings. The van der Waals surface area contributed by atoms with Crippen molar-refractivity contribution < 1.29 is 19.4 Å². The predicted octanol–water partition coefficient (Wildman–Crippen LogP) is -0.0790. The van der Waals surface area contributed by atoms with Gasteiger partial charge in [0.05, 0.1) is 13.2 Å². The molecule has 2 heterocycles. The summed E-state index contributed by atoms with van der Waals surface area (Å²) in [5, 5.41) is 8.82. The van der Waals surface area contributed by atoms with E-state index in [0.717, 1.165) is 32.5 Å². The second-order valence-corrected chi connectivity index (χ2v) is 5.25. The molecule has 114 valence electrons. The SMILES string of the molecule is O=C(O)CN1CCCN(C(=O)N2CCCOCC2)CC1. The number of hydrogen-bond donors (Lipinski definition) is 1. The van der Waals surface area contributed by atoms with Gasteiger partial charge in [0.1, 0.15) is 0 Å². The first-order chi connectivity index (χ1) is 9.66. The summed E-state index contributed by atoms with van der Waals surface area (Å²) in [6.07, 6.45) is 1.70. The number of carboxylic acids is 1. The van der Waals surface area contributed by atoms with E-state index in [1.54, 1.807) is 0 Å². The monoisotopic (exact) mass is 285 g/mol. The Morgan fingerprint density at radius 3 is 2.45 bits per heavy atom. The van der Waals surface area contributed by atoms with Gasteiger partial charge in [-0.3, -0.25) is 9.69 Å². The highest BCUT2D eigenvalue weighted by Crippen LogP contribution is 2.08. The Morgan fingerprint density at radius 2 is 1.65 bits per heavy atom. The maximum Gasteiger partial charge on any atom is 0.320 e. The summed E-state index contributed by atoms with van der Waals surface area (Å²) in [7, 11) is 0. The van der Waals surface area contributed by atoms with E-state index in [1.165, 1.54) is 0 Å². The molecule has 0 atom stereocenters. The van der Waals surface area contributed by atoms with E-state index >= 15 is 0 Å². The van der Waals surface area contributed by atoms with Crippen molar-refractivity contribution in [1.82, 2.24) is 14.7 Å². The first-order valence-electron chi connectivity index (χ1n) is 7.22. The van der Waals surface area contributed by atoms with Crippen molar-refractivity contribution in [3.8, 4) is 0 Å². The lowest BCUT2D eigenvalue weighted by atomic mass is 10.3. The zero-order chi connectivity index (χ0) is 14.4. The van der Waals surface area contributed by atoms with Crippen LogP contribution in [0.15, 0.2) is 0 Å². The van der Waals surface area contributed by atoms with Gasteiger partial charge in [-0.15, -0.1) is 0 Å². The van der Waals surface area contributed by atoms with E-state index in [1.807, 2.05) is 14.7 Å². The van der Waals surface area contributed by atoms with Crippen molar-refractivity contribution >= 4 is 12.0 Å². The van der Waals surface area contributed by atoms with Gasteiger partial charge in [-0.1, -0.05) is 0 Å². The van der Waals surface area contributed by atoms with Crippen molar-refractivity contribution in [3.05, 3.63) is 0 Å². The molecule has 7 nitrogen and oxygen atoms in total. The lowest BCUT2D eigenvalue weighted by Gasteiger charge is -2.28. The van der Waals surface area contributed by atoms with E-state index in [2.05, 4.69) is 0 Å². The van der Waals surface area contributed by atoms with Crippen molar-refractivity contribution in [2.45, 2.75) is 12.8 Å². The molecule has 0 unspecified atom stereocenters. The summed E-state index contributed by atoms with van der Waals surface area (Å²) in [6.45, 7) is 5.43. The van der Waals surface area contributed by atoms with Crippen LogP contribution < -0.4 is 0 Å². The highest BCUT2D eigenvalue weighted by atomic mass is 16.5. The largest absolute Gasteiger partial charge is 0.480 e. The minimum absolute atomic E-state index is 0.0551. The number of urea groups is 1. The molecule has 2 saturated heterocycles. The predicted molar refractivity (Wildman–Crippen MR) is 72.7 cm³/mol. The molecule has 2 aliphatic rings. The Labute approximate surface area is 119 Å². The highest BCUT2D eigenvalue weighted by Gasteiger charge is 2.24. The van der Waals surface area contributed by atoms with Gasteiger partial charge in [0.25, 0.3) is 0 Å². The molecule has 2 aliphatic heterocycles. The van der Waals surface area contributed by atoms with Crippen LogP contribution in [0.2, 0.25) is 0 Å². The fourth-order valence-corrected chi connectivity index (χ4v) is 2.65. The summed E-state index contributed by atoms with van der Waals surface area (Å²) < 4.78 is 5.36. The van der Waals surface area contributed by atoms with Gasteiger partial charge in [-0.05, 0) is 12.8 Å². The van der Waals surface area contributed by atoms with Crippen LogP contribution in [-0.2, 0) is 9.53 Å². The number of carbonyl (C=O) groups excluding carboxylic acids is 1. The Hall–Kier alpha value is -1.34.